The van der Waals surface area contributed by atoms with Crippen molar-refractivity contribution < 1.29 is 14.6 Å². The van der Waals surface area contributed by atoms with Gasteiger partial charge in [0.15, 0.2) is 0 Å². The molecule has 2 rings (SSSR count). The van der Waals surface area contributed by atoms with Gasteiger partial charge in [-0.2, -0.15) is 0 Å². The molecular weight excluding hydrogens is 244 g/mol. The van der Waals surface area contributed by atoms with Crippen LogP contribution in [0.2, 0.25) is 0 Å². The molecule has 3 N–H and O–H groups in total. The molecular formula is C14H26N2O3. The summed E-state index contributed by atoms with van der Waals surface area (Å²) in [5.74, 6) is -0.0192. The number of rotatable bonds is 6. The van der Waals surface area contributed by atoms with Gasteiger partial charge in [-0.15, -0.1) is 0 Å². The molecule has 1 aliphatic heterocycles. The van der Waals surface area contributed by atoms with Gasteiger partial charge in [0.25, 0.3) is 0 Å². The first kappa shape index (κ1) is 14.8. The summed E-state index contributed by atoms with van der Waals surface area (Å²) in [7, 11) is 0. The van der Waals surface area contributed by atoms with Gasteiger partial charge in [-0.1, -0.05) is 12.8 Å². The van der Waals surface area contributed by atoms with Crippen molar-refractivity contribution in [1.82, 2.24) is 10.6 Å². The molecule has 0 aromatic rings. The van der Waals surface area contributed by atoms with Crippen LogP contribution in [0.5, 0.6) is 0 Å². The highest BCUT2D eigenvalue weighted by Gasteiger charge is 2.31. The lowest BCUT2D eigenvalue weighted by molar-refractivity contribution is -0.124. The van der Waals surface area contributed by atoms with Gasteiger partial charge in [-0.3, -0.25) is 4.79 Å². The smallest absolute Gasteiger partial charge is 0.222 e. The molecule has 1 saturated carbocycles. The quantitative estimate of drug-likeness (QED) is 0.660. The van der Waals surface area contributed by atoms with Crippen molar-refractivity contribution in [3.8, 4) is 0 Å². The summed E-state index contributed by atoms with van der Waals surface area (Å²) in [4.78, 5) is 11.7. The summed E-state index contributed by atoms with van der Waals surface area (Å²) < 4.78 is 5.69. The van der Waals surface area contributed by atoms with E-state index in [-0.39, 0.29) is 5.91 Å². The third-order valence-electron chi connectivity index (χ3n) is 4.12. The summed E-state index contributed by atoms with van der Waals surface area (Å²) in [6.07, 6.45) is 6.48. The Bertz CT molecular complexity index is 284. The fraction of sp³-hybridized carbons (Fsp3) is 0.929. The van der Waals surface area contributed by atoms with Gasteiger partial charge in [0.1, 0.15) is 0 Å². The van der Waals surface area contributed by atoms with Crippen LogP contribution in [0.4, 0.5) is 0 Å². The average molecular weight is 270 g/mol. The number of ether oxygens (including phenoxy) is 1. The lowest BCUT2D eigenvalue weighted by Crippen LogP contribution is -2.41. The van der Waals surface area contributed by atoms with E-state index < -0.39 is 5.60 Å². The molecule has 0 atom stereocenters. The Hall–Kier alpha value is -0.650. The van der Waals surface area contributed by atoms with Crippen LogP contribution in [-0.2, 0) is 9.53 Å². The molecule has 1 saturated heterocycles. The molecule has 0 aromatic carbocycles. The fourth-order valence-electron chi connectivity index (χ4n) is 2.84. The normalized spacial score (nSPS) is 23.4. The molecule has 19 heavy (non-hydrogen) atoms. The van der Waals surface area contributed by atoms with Crippen molar-refractivity contribution in [2.24, 2.45) is 0 Å². The SMILES string of the molecule is O=C(CCOC1CCNCC1)NCC1(O)CCCC1. The van der Waals surface area contributed by atoms with Crippen LogP contribution in [0.3, 0.4) is 0 Å². The van der Waals surface area contributed by atoms with Crippen LogP contribution in [-0.4, -0.2) is 49.0 Å². The second kappa shape index (κ2) is 7.22. The third kappa shape index (κ3) is 5.09. The average Bonchev–Trinajstić information content (AvgIpc) is 2.85. The number of hydrogen-bond acceptors (Lipinski definition) is 4. The lowest BCUT2D eigenvalue weighted by Gasteiger charge is -2.24. The van der Waals surface area contributed by atoms with Crippen LogP contribution >= 0.6 is 0 Å². The molecule has 0 radical (unpaired) electrons. The van der Waals surface area contributed by atoms with E-state index in [1.807, 2.05) is 0 Å². The Kier molecular flexibility index (Phi) is 5.60. The van der Waals surface area contributed by atoms with Gasteiger partial charge in [0.05, 0.1) is 18.3 Å². The van der Waals surface area contributed by atoms with Crippen molar-refractivity contribution in [2.75, 3.05) is 26.2 Å². The monoisotopic (exact) mass is 270 g/mol. The minimum absolute atomic E-state index is 0.0192. The summed E-state index contributed by atoms with van der Waals surface area (Å²) in [5, 5.41) is 16.2. The van der Waals surface area contributed by atoms with Crippen LogP contribution in [0, 0.1) is 0 Å². The predicted octanol–water partition coefficient (Wildman–Crippen LogP) is 0.566. The van der Waals surface area contributed by atoms with Crippen LogP contribution in [0.15, 0.2) is 0 Å². The van der Waals surface area contributed by atoms with E-state index in [9.17, 15) is 9.90 Å². The van der Waals surface area contributed by atoms with E-state index in [2.05, 4.69) is 10.6 Å². The number of hydrogen-bond donors (Lipinski definition) is 3. The minimum Gasteiger partial charge on any atom is -0.388 e. The molecule has 2 aliphatic rings. The number of carbonyl (C=O) groups is 1. The maximum atomic E-state index is 11.7. The second-order valence-corrected chi connectivity index (χ2v) is 5.78. The van der Waals surface area contributed by atoms with Crippen molar-refractivity contribution >= 4 is 5.91 Å². The first-order valence-electron chi connectivity index (χ1n) is 7.49. The largest absolute Gasteiger partial charge is 0.388 e. The van der Waals surface area contributed by atoms with Crippen LogP contribution < -0.4 is 10.6 Å². The van der Waals surface area contributed by atoms with Crippen molar-refractivity contribution in [2.45, 2.75) is 56.7 Å². The topological polar surface area (TPSA) is 70.6 Å². The van der Waals surface area contributed by atoms with Gasteiger partial charge < -0.3 is 20.5 Å². The Morgan fingerprint density at radius 2 is 2.00 bits per heavy atom. The molecule has 1 heterocycles. The van der Waals surface area contributed by atoms with Gasteiger partial charge in [0, 0.05) is 13.0 Å². The van der Waals surface area contributed by atoms with Gasteiger partial charge in [-0.25, -0.2) is 0 Å². The van der Waals surface area contributed by atoms with Crippen molar-refractivity contribution in [3.63, 3.8) is 0 Å². The Morgan fingerprint density at radius 1 is 1.32 bits per heavy atom. The van der Waals surface area contributed by atoms with Gasteiger partial charge >= 0.3 is 0 Å². The highest BCUT2D eigenvalue weighted by atomic mass is 16.5. The van der Waals surface area contributed by atoms with E-state index in [1.54, 1.807) is 0 Å². The minimum atomic E-state index is -0.661. The summed E-state index contributed by atoms with van der Waals surface area (Å²) in [6.45, 7) is 2.88. The Labute approximate surface area is 115 Å². The number of piperidine rings is 1. The zero-order chi connectivity index (χ0) is 13.6. The zero-order valence-corrected chi connectivity index (χ0v) is 11.6. The van der Waals surface area contributed by atoms with E-state index >= 15 is 0 Å². The van der Waals surface area contributed by atoms with Crippen LogP contribution in [0.25, 0.3) is 0 Å². The molecule has 0 bridgehead atoms. The molecule has 0 spiro atoms. The highest BCUT2D eigenvalue weighted by molar-refractivity contribution is 5.76. The van der Waals surface area contributed by atoms with Crippen molar-refractivity contribution in [1.29, 1.82) is 0 Å². The molecule has 5 nitrogen and oxygen atoms in total. The zero-order valence-electron chi connectivity index (χ0n) is 11.6. The number of aliphatic hydroxyl groups is 1. The van der Waals surface area contributed by atoms with Crippen molar-refractivity contribution in [3.05, 3.63) is 0 Å². The van der Waals surface area contributed by atoms with E-state index in [4.69, 9.17) is 4.74 Å². The van der Waals surface area contributed by atoms with E-state index in [1.165, 1.54) is 0 Å². The third-order valence-corrected chi connectivity index (χ3v) is 4.12. The fourth-order valence-corrected chi connectivity index (χ4v) is 2.84. The molecule has 1 aliphatic carbocycles. The Morgan fingerprint density at radius 3 is 2.68 bits per heavy atom. The van der Waals surface area contributed by atoms with Crippen LogP contribution in [0.1, 0.15) is 44.9 Å². The molecule has 2 fully saturated rings. The molecule has 110 valence electrons. The van der Waals surface area contributed by atoms with E-state index in [0.717, 1.165) is 51.6 Å². The molecule has 0 unspecified atom stereocenters. The highest BCUT2D eigenvalue weighted by Crippen LogP contribution is 2.28. The second-order valence-electron chi connectivity index (χ2n) is 5.78. The molecule has 5 heteroatoms. The molecule has 1 amide bonds. The number of nitrogens with one attached hydrogen (secondary N) is 2. The summed E-state index contributed by atoms with van der Waals surface area (Å²) >= 11 is 0. The van der Waals surface area contributed by atoms with E-state index in [0.29, 0.717) is 25.7 Å². The maximum Gasteiger partial charge on any atom is 0.222 e. The lowest BCUT2D eigenvalue weighted by atomic mass is 10.0. The Balaban J connectivity index is 1.54. The summed E-state index contributed by atoms with van der Waals surface area (Å²) in [6, 6.07) is 0. The first-order chi connectivity index (χ1) is 9.18. The maximum absolute atomic E-state index is 11.7. The van der Waals surface area contributed by atoms with Gasteiger partial charge in [-0.05, 0) is 38.8 Å². The predicted molar refractivity (Wildman–Crippen MR) is 72.9 cm³/mol. The standard InChI is InChI=1S/C14H26N2O3/c17-13(16-11-14(18)6-1-2-7-14)5-10-19-12-3-8-15-9-4-12/h12,15,18H,1-11H2,(H,16,17). The number of amides is 1. The summed E-state index contributed by atoms with van der Waals surface area (Å²) in [5.41, 5.74) is -0.661. The van der Waals surface area contributed by atoms with Gasteiger partial charge in [0.2, 0.25) is 5.91 Å². The number of carbonyl (C=O) groups excluding carboxylic acids is 1. The first-order valence-corrected chi connectivity index (χ1v) is 7.49. The molecule has 0 aromatic heterocycles.